The molecule has 0 aliphatic carbocycles. The lowest BCUT2D eigenvalue weighted by Crippen LogP contribution is -2.13. The van der Waals surface area contributed by atoms with Crippen molar-refractivity contribution in [1.82, 2.24) is 0 Å². The van der Waals surface area contributed by atoms with Crippen molar-refractivity contribution in [3.8, 4) is 5.75 Å². The molecule has 0 bridgehead atoms. The SMILES string of the molecule is CC[C@@H](C)Oc1cccc([C@H](O)C[N+](=O)[O-])c1. The zero-order valence-corrected chi connectivity index (χ0v) is 10.00. The van der Waals surface area contributed by atoms with Gasteiger partial charge in [0.1, 0.15) is 11.9 Å². The van der Waals surface area contributed by atoms with E-state index in [1.807, 2.05) is 13.8 Å². The second-order valence-corrected chi connectivity index (χ2v) is 3.94. The Balaban J connectivity index is 2.74. The van der Waals surface area contributed by atoms with E-state index in [-0.39, 0.29) is 6.10 Å². The number of hydrogen-bond acceptors (Lipinski definition) is 4. The minimum Gasteiger partial charge on any atom is -0.491 e. The molecule has 0 radical (unpaired) electrons. The molecule has 0 saturated heterocycles. The first-order valence-electron chi connectivity index (χ1n) is 5.59. The minimum atomic E-state index is -1.09. The summed E-state index contributed by atoms with van der Waals surface area (Å²) < 4.78 is 5.58. The molecule has 17 heavy (non-hydrogen) atoms. The van der Waals surface area contributed by atoms with Crippen LogP contribution in [0.2, 0.25) is 0 Å². The first-order valence-corrected chi connectivity index (χ1v) is 5.59. The van der Waals surface area contributed by atoms with Crippen LogP contribution in [0.15, 0.2) is 24.3 Å². The van der Waals surface area contributed by atoms with Gasteiger partial charge in [-0.2, -0.15) is 0 Å². The molecule has 0 aliphatic rings. The van der Waals surface area contributed by atoms with Gasteiger partial charge in [0.2, 0.25) is 6.54 Å². The summed E-state index contributed by atoms with van der Waals surface area (Å²) in [5.74, 6) is 0.624. The molecule has 1 aromatic carbocycles. The van der Waals surface area contributed by atoms with Crippen LogP contribution in [-0.4, -0.2) is 22.7 Å². The van der Waals surface area contributed by atoms with Gasteiger partial charge < -0.3 is 9.84 Å². The molecule has 0 spiro atoms. The predicted octanol–water partition coefficient (Wildman–Crippen LogP) is 2.17. The van der Waals surface area contributed by atoms with Crippen molar-refractivity contribution in [1.29, 1.82) is 0 Å². The molecule has 1 N–H and O–H groups in total. The summed E-state index contributed by atoms with van der Waals surface area (Å²) >= 11 is 0. The highest BCUT2D eigenvalue weighted by Crippen LogP contribution is 2.20. The third-order valence-electron chi connectivity index (χ3n) is 2.48. The van der Waals surface area contributed by atoms with Crippen molar-refractivity contribution in [3.05, 3.63) is 39.9 Å². The minimum absolute atomic E-state index is 0.0814. The zero-order chi connectivity index (χ0) is 12.8. The first kappa shape index (κ1) is 13.4. The van der Waals surface area contributed by atoms with E-state index < -0.39 is 17.6 Å². The first-order chi connectivity index (χ1) is 8.02. The summed E-state index contributed by atoms with van der Waals surface area (Å²) in [6, 6.07) is 6.78. The summed E-state index contributed by atoms with van der Waals surface area (Å²) in [4.78, 5) is 9.77. The summed E-state index contributed by atoms with van der Waals surface area (Å²) in [5.41, 5.74) is 0.502. The number of nitro groups is 1. The van der Waals surface area contributed by atoms with E-state index in [0.29, 0.717) is 11.3 Å². The fourth-order valence-electron chi connectivity index (χ4n) is 1.36. The number of aliphatic hydroxyl groups is 1. The van der Waals surface area contributed by atoms with Crippen LogP contribution in [0.5, 0.6) is 5.75 Å². The van der Waals surface area contributed by atoms with Crippen molar-refractivity contribution in [2.24, 2.45) is 0 Å². The van der Waals surface area contributed by atoms with E-state index in [1.165, 1.54) is 0 Å². The van der Waals surface area contributed by atoms with Gasteiger partial charge in [0.05, 0.1) is 6.10 Å². The zero-order valence-electron chi connectivity index (χ0n) is 10.00. The van der Waals surface area contributed by atoms with Crippen LogP contribution in [0.1, 0.15) is 31.9 Å². The van der Waals surface area contributed by atoms with E-state index >= 15 is 0 Å². The molecule has 0 unspecified atom stereocenters. The van der Waals surface area contributed by atoms with Crippen LogP contribution in [0.25, 0.3) is 0 Å². The fourth-order valence-corrected chi connectivity index (χ4v) is 1.36. The van der Waals surface area contributed by atoms with E-state index in [1.54, 1.807) is 24.3 Å². The Labute approximate surface area is 100 Å². The van der Waals surface area contributed by atoms with Gasteiger partial charge in [-0.25, -0.2) is 0 Å². The average molecular weight is 239 g/mol. The molecule has 5 heteroatoms. The second-order valence-electron chi connectivity index (χ2n) is 3.94. The van der Waals surface area contributed by atoms with Gasteiger partial charge in [0.25, 0.3) is 0 Å². The van der Waals surface area contributed by atoms with Crippen LogP contribution in [-0.2, 0) is 0 Å². The van der Waals surface area contributed by atoms with Crippen molar-refractivity contribution >= 4 is 0 Å². The third kappa shape index (κ3) is 4.40. The predicted molar refractivity (Wildman–Crippen MR) is 63.6 cm³/mol. The summed E-state index contributed by atoms with van der Waals surface area (Å²) in [6.07, 6.45) is -0.134. The van der Waals surface area contributed by atoms with Gasteiger partial charge in [0, 0.05) is 4.92 Å². The lowest BCUT2D eigenvalue weighted by Gasteiger charge is -2.14. The molecule has 2 atom stereocenters. The van der Waals surface area contributed by atoms with E-state index in [2.05, 4.69) is 0 Å². The Hall–Kier alpha value is -1.62. The fraction of sp³-hybridized carbons (Fsp3) is 0.500. The van der Waals surface area contributed by atoms with Gasteiger partial charge in [-0.1, -0.05) is 19.1 Å². The van der Waals surface area contributed by atoms with E-state index in [0.717, 1.165) is 6.42 Å². The van der Waals surface area contributed by atoms with E-state index in [4.69, 9.17) is 4.74 Å². The molecule has 1 rings (SSSR count). The van der Waals surface area contributed by atoms with Gasteiger partial charge in [-0.15, -0.1) is 0 Å². The van der Waals surface area contributed by atoms with Crippen LogP contribution < -0.4 is 4.74 Å². The Morgan fingerprint density at radius 1 is 1.53 bits per heavy atom. The maximum Gasteiger partial charge on any atom is 0.233 e. The van der Waals surface area contributed by atoms with Crippen LogP contribution in [0.4, 0.5) is 0 Å². The number of benzene rings is 1. The molecule has 0 amide bonds. The average Bonchev–Trinajstić information content (AvgIpc) is 2.28. The lowest BCUT2D eigenvalue weighted by molar-refractivity contribution is -0.491. The molecule has 1 aromatic rings. The molecule has 94 valence electrons. The Bertz CT molecular complexity index is 381. The Morgan fingerprint density at radius 2 is 2.24 bits per heavy atom. The quantitative estimate of drug-likeness (QED) is 0.610. The normalized spacial score (nSPS) is 14.1. The van der Waals surface area contributed by atoms with Crippen molar-refractivity contribution in [3.63, 3.8) is 0 Å². The maximum atomic E-state index is 10.3. The topological polar surface area (TPSA) is 72.6 Å². The van der Waals surface area contributed by atoms with Gasteiger partial charge in [0.15, 0.2) is 0 Å². The smallest absolute Gasteiger partial charge is 0.233 e. The molecule has 0 fully saturated rings. The molecule has 0 aromatic heterocycles. The monoisotopic (exact) mass is 239 g/mol. The second kappa shape index (κ2) is 6.20. The third-order valence-corrected chi connectivity index (χ3v) is 2.48. The maximum absolute atomic E-state index is 10.3. The molecule has 0 saturated carbocycles. The number of nitrogens with zero attached hydrogens (tertiary/aromatic N) is 1. The van der Waals surface area contributed by atoms with Crippen molar-refractivity contribution in [2.75, 3.05) is 6.54 Å². The lowest BCUT2D eigenvalue weighted by atomic mass is 10.1. The molecule has 5 nitrogen and oxygen atoms in total. The highest BCUT2D eigenvalue weighted by Gasteiger charge is 2.14. The highest BCUT2D eigenvalue weighted by atomic mass is 16.6. The Morgan fingerprint density at radius 3 is 2.82 bits per heavy atom. The molecule has 0 aliphatic heterocycles. The molecular weight excluding hydrogens is 222 g/mol. The Kier molecular flexibility index (Phi) is 4.90. The largest absolute Gasteiger partial charge is 0.491 e. The van der Waals surface area contributed by atoms with E-state index in [9.17, 15) is 15.2 Å². The standard InChI is InChI=1S/C12H17NO4/c1-3-9(2)17-11-6-4-5-10(7-11)12(14)8-13(15)16/h4-7,9,12,14H,3,8H2,1-2H3/t9-,12-/m1/s1. The van der Waals surface area contributed by atoms with Crippen LogP contribution >= 0.6 is 0 Å². The number of hydrogen-bond donors (Lipinski definition) is 1. The molecular formula is C12H17NO4. The summed E-state index contributed by atoms with van der Waals surface area (Å²) in [7, 11) is 0. The van der Waals surface area contributed by atoms with Gasteiger partial charge in [-0.05, 0) is 31.0 Å². The van der Waals surface area contributed by atoms with Gasteiger partial charge >= 0.3 is 0 Å². The molecule has 0 heterocycles. The van der Waals surface area contributed by atoms with Crippen LogP contribution in [0.3, 0.4) is 0 Å². The number of ether oxygens (including phenoxy) is 1. The van der Waals surface area contributed by atoms with Gasteiger partial charge in [-0.3, -0.25) is 10.1 Å². The van der Waals surface area contributed by atoms with Crippen molar-refractivity contribution in [2.45, 2.75) is 32.5 Å². The highest BCUT2D eigenvalue weighted by molar-refractivity contribution is 5.30. The number of rotatable bonds is 6. The summed E-state index contributed by atoms with van der Waals surface area (Å²) in [6.45, 7) is 3.46. The van der Waals surface area contributed by atoms with Crippen molar-refractivity contribution < 1.29 is 14.8 Å². The number of aliphatic hydroxyl groups excluding tert-OH is 1. The van der Waals surface area contributed by atoms with Crippen LogP contribution in [0, 0.1) is 10.1 Å². The summed E-state index contributed by atoms with van der Waals surface area (Å²) in [5, 5.41) is 19.9.